The summed E-state index contributed by atoms with van der Waals surface area (Å²) in [7, 11) is 0. The van der Waals surface area contributed by atoms with Gasteiger partial charge >= 0.3 is 0 Å². The minimum atomic E-state index is 0.368. The summed E-state index contributed by atoms with van der Waals surface area (Å²) in [6.07, 6.45) is 11.4. The van der Waals surface area contributed by atoms with Gasteiger partial charge in [-0.3, -0.25) is 0 Å². The molecule has 1 aliphatic carbocycles. The summed E-state index contributed by atoms with van der Waals surface area (Å²) in [4.78, 5) is 7.11. The molecule has 3 aromatic rings. The van der Waals surface area contributed by atoms with E-state index in [1.165, 1.54) is 37.7 Å². The van der Waals surface area contributed by atoms with Crippen molar-refractivity contribution in [2.75, 3.05) is 16.8 Å². The minimum absolute atomic E-state index is 0.368. The van der Waals surface area contributed by atoms with Crippen LogP contribution >= 0.6 is 0 Å². The highest BCUT2D eigenvalue weighted by Crippen LogP contribution is 2.49. The van der Waals surface area contributed by atoms with Gasteiger partial charge in [0.2, 0.25) is 0 Å². The number of imidazole rings is 1. The summed E-state index contributed by atoms with van der Waals surface area (Å²) in [5, 5.41) is 8.58. The summed E-state index contributed by atoms with van der Waals surface area (Å²) in [6, 6.07) is 10.3. The molecule has 1 aromatic carbocycles. The van der Waals surface area contributed by atoms with Crippen LogP contribution in [-0.2, 0) is 6.42 Å². The van der Waals surface area contributed by atoms with Gasteiger partial charge < -0.3 is 10.2 Å². The van der Waals surface area contributed by atoms with Crippen LogP contribution in [0.2, 0.25) is 0 Å². The van der Waals surface area contributed by atoms with E-state index in [0.717, 1.165) is 35.8 Å². The predicted molar refractivity (Wildman–Crippen MR) is 105 cm³/mol. The van der Waals surface area contributed by atoms with Gasteiger partial charge in [-0.25, -0.2) is 9.50 Å². The molecule has 2 aliphatic rings. The van der Waals surface area contributed by atoms with E-state index in [4.69, 9.17) is 5.10 Å². The highest BCUT2D eigenvalue weighted by Gasteiger charge is 2.53. The molecule has 0 atom stereocenters. The van der Waals surface area contributed by atoms with Crippen LogP contribution < -0.4 is 10.2 Å². The Morgan fingerprint density at radius 2 is 1.92 bits per heavy atom. The Labute approximate surface area is 154 Å². The van der Waals surface area contributed by atoms with Crippen LogP contribution in [0.3, 0.4) is 0 Å². The van der Waals surface area contributed by atoms with Gasteiger partial charge in [-0.1, -0.05) is 44.4 Å². The molecular formula is C21H25N5. The molecule has 1 spiro atoms. The fourth-order valence-corrected chi connectivity index (χ4v) is 4.51. The number of hydrogen-bond acceptors (Lipinski definition) is 4. The van der Waals surface area contributed by atoms with Gasteiger partial charge in [0.05, 0.1) is 11.2 Å². The third kappa shape index (κ3) is 2.45. The number of rotatable bonds is 4. The van der Waals surface area contributed by atoms with Crippen LogP contribution in [0.1, 0.15) is 44.6 Å². The van der Waals surface area contributed by atoms with E-state index in [9.17, 15) is 0 Å². The van der Waals surface area contributed by atoms with Gasteiger partial charge in [0.25, 0.3) is 0 Å². The van der Waals surface area contributed by atoms with E-state index < -0.39 is 0 Å². The second kappa shape index (κ2) is 6.01. The molecule has 1 N–H and O–H groups in total. The Morgan fingerprint density at radius 3 is 2.69 bits per heavy atom. The van der Waals surface area contributed by atoms with Crippen LogP contribution in [0.4, 0.5) is 17.2 Å². The van der Waals surface area contributed by atoms with Gasteiger partial charge in [0.15, 0.2) is 11.5 Å². The van der Waals surface area contributed by atoms with E-state index in [1.807, 2.05) is 23.0 Å². The summed E-state index contributed by atoms with van der Waals surface area (Å²) in [5.74, 6) is 1.14. The Morgan fingerprint density at radius 1 is 1.12 bits per heavy atom. The highest BCUT2D eigenvalue weighted by atomic mass is 15.4. The van der Waals surface area contributed by atoms with Crippen molar-refractivity contribution in [2.45, 2.75) is 51.0 Å². The molecule has 1 aliphatic heterocycles. The molecule has 134 valence electrons. The average Bonchev–Trinajstić information content (AvgIpc) is 3.14. The number of aromatic nitrogens is 3. The number of anilines is 3. The number of nitrogens with one attached hydrogen (secondary N) is 1. The molecule has 0 unspecified atom stereocenters. The molecule has 2 aromatic heterocycles. The Bertz CT molecular complexity index is 924. The van der Waals surface area contributed by atoms with Crippen LogP contribution in [0.15, 0.2) is 42.7 Å². The largest absolute Gasteiger partial charge is 0.352 e. The lowest BCUT2D eigenvalue weighted by Gasteiger charge is -2.24. The molecule has 1 saturated carbocycles. The zero-order chi connectivity index (χ0) is 17.6. The fourth-order valence-electron chi connectivity index (χ4n) is 4.51. The number of hydrogen-bond donors (Lipinski definition) is 1. The van der Waals surface area contributed by atoms with Crippen molar-refractivity contribution < 1.29 is 0 Å². The van der Waals surface area contributed by atoms with E-state index in [-0.39, 0.29) is 0 Å². The van der Waals surface area contributed by atoms with E-state index in [1.54, 1.807) is 0 Å². The molecule has 26 heavy (non-hydrogen) atoms. The smallest absolute Gasteiger partial charge is 0.177 e. The third-order valence-electron chi connectivity index (χ3n) is 5.98. The fraction of sp³-hybridized carbons (Fsp3) is 0.429. The van der Waals surface area contributed by atoms with Crippen molar-refractivity contribution in [3.05, 3.63) is 48.3 Å². The number of fused-ring (bicyclic) bond motifs is 1. The topological polar surface area (TPSA) is 45.2 Å². The zero-order valence-corrected chi connectivity index (χ0v) is 15.3. The first-order chi connectivity index (χ1) is 12.8. The lowest BCUT2D eigenvalue weighted by molar-refractivity contribution is 0.422. The molecule has 5 heteroatoms. The molecule has 0 radical (unpaired) electrons. The highest BCUT2D eigenvalue weighted by molar-refractivity contribution is 5.81. The summed E-state index contributed by atoms with van der Waals surface area (Å²) in [6.45, 7) is 3.37. The van der Waals surface area contributed by atoms with Gasteiger partial charge in [0.1, 0.15) is 0 Å². The van der Waals surface area contributed by atoms with Gasteiger partial charge in [-0.05, 0) is 31.4 Å². The Balaban J connectivity index is 1.61. The van der Waals surface area contributed by atoms with Gasteiger partial charge in [-0.2, -0.15) is 0 Å². The predicted octanol–water partition coefficient (Wildman–Crippen LogP) is 4.56. The van der Waals surface area contributed by atoms with Crippen LogP contribution in [-0.4, -0.2) is 26.7 Å². The quantitative estimate of drug-likeness (QED) is 0.703. The number of nitrogens with zero attached hydrogens (tertiary/aromatic N) is 4. The Kier molecular flexibility index (Phi) is 3.62. The van der Waals surface area contributed by atoms with Gasteiger partial charge in [0, 0.05) is 30.2 Å². The maximum Gasteiger partial charge on any atom is 0.177 e. The monoisotopic (exact) mass is 347 g/mol. The first-order valence-electron chi connectivity index (χ1n) is 9.77. The second-order valence-electron chi connectivity index (χ2n) is 7.59. The van der Waals surface area contributed by atoms with Gasteiger partial charge in [-0.15, -0.1) is 5.10 Å². The van der Waals surface area contributed by atoms with Crippen molar-refractivity contribution in [3.8, 4) is 0 Å². The van der Waals surface area contributed by atoms with E-state index in [2.05, 4.69) is 46.4 Å². The SMILES string of the molecule is CCc1c(N2CC23CCCCC3)nn2ccnc2c1Nc1ccccc1. The number of benzene rings is 1. The van der Waals surface area contributed by atoms with E-state index >= 15 is 0 Å². The van der Waals surface area contributed by atoms with Crippen LogP contribution in [0, 0.1) is 0 Å². The molecule has 0 amide bonds. The molecule has 1 saturated heterocycles. The third-order valence-corrected chi connectivity index (χ3v) is 5.98. The lowest BCUT2D eigenvalue weighted by Crippen LogP contribution is -2.23. The summed E-state index contributed by atoms with van der Waals surface area (Å²) < 4.78 is 1.93. The Hall–Kier alpha value is -2.56. The molecule has 0 bridgehead atoms. The number of para-hydroxylation sites is 1. The van der Waals surface area contributed by atoms with E-state index in [0.29, 0.717) is 5.54 Å². The zero-order valence-electron chi connectivity index (χ0n) is 15.3. The van der Waals surface area contributed by atoms with Crippen molar-refractivity contribution in [2.24, 2.45) is 0 Å². The average molecular weight is 347 g/mol. The first kappa shape index (κ1) is 15.7. The summed E-state index contributed by atoms with van der Waals surface area (Å²) in [5.41, 5.74) is 4.71. The van der Waals surface area contributed by atoms with Crippen molar-refractivity contribution in [1.29, 1.82) is 0 Å². The first-order valence-corrected chi connectivity index (χ1v) is 9.77. The molecule has 3 heterocycles. The molecule has 2 fully saturated rings. The maximum absolute atomic E-state index is 4.96. The van der Waals surface area contributed by atoms with Crippen molar-refractivity contribution in [1.82, 2.24) is 14.6 Å². The lowest BCUT2D eigenvalue weighted by atomic mass is 9.89. The molecule has 5 rings (SSSR count). The maximum atomic E-state index is 4.96. The van der Waals surface area contributed by atoms with Crippen molar-refractivity contribution in [3.63, 3.8) is 0 Å². The molecule has 5 nitrogen and oxygen atoms in total. The van der Waals surface area contributed by atoms with Crippen LogP contribution in [0.5, 0.6) is 0 Å². The molecular weight excluding hydrogens is 322 g/mol. The summed E-state index contributed by atoms with van der Waals surface area (Å²) >= 11 is 0. The van der Waals surface area contributed by atoms with Crippen LogP contribution in [0.25, 0.3) is 5.65 Å². The minimum Gasteiger partial charge on any atom is -0.352 e. The van der Waals surface area contributed by atoms with Crippen molar-refractivity contribution >= 4 is 22.8 Å². The second-order valence-corrected chi connectivity index (χ2v) is 7.59. The normalized spacial score (nSPS) is 18.4. The standard InChI is InChI=1S/C21H25N5/c1-2-17-18(23-16-9-5-3-6-10-16)20-22-13-14-26(20)24-19(17)25-15-21(25)11-7-4-8-12-21/h3,5-6,9-10,13-14,23H,2,4,7-8,11-12,15H2,1H3.